The molecule has 0 bridgehead atoms. The predicted octanol–water partition coefficient (Wildman–Crippen LogP) is 3.18. The molecule has 0 spiro atoms. The molecule has 132 valence electrons. The van der Waals surface area contributed by atoms with Gasteiger partial charge in [-0.05, 0) is 59.3 Å². The molecule has 2 heterocycles. The molecule has 4 nitrogen and oxygen atoms in total. The molecule has 3 rings (SSSR count). The molecule has 0 unspecified atom stereocenters. The molecule has 25 heavy (non-hydrogen) atoms. The number of carbonyl (C=O) groups is 2. The normalized spacial score (nSPS) is 19.6. The van der Waals surface area contributed by atoms with Crippen LogP contribution in [0.25, 0.3) is 0 Å². The summed E-state index contributed by atoms with van der Waals surface area (Å²) < 4.78 is 13.1. The molecule has 1 aliphatic rings. The van der Waals surface area contributed by atoms with Crippen LogP contribution in [0.15, 0.2) is 41.1 Å². The second-order valence-corrected chi connectivity index (χ2v) is 7.32. The Hall–Kier alpha value is -2.21. The SMILES string of the molecule is O=C(CC[C@]1(Cc2ccc(F)cc2)CCC(=O)N1)NCc1ccsc1. The van der Waals surface area contributed by atoms with Gasteiger partial charge in [-0.15, -0.1) is 0 Å². The van der Waals surface area contributed by atoms with Crippen LogP contribution in [-0.4, -0.2) is 17.4 Å². The highest BCUT2D eigenvalue weighted by Gasteiger charge is 2.37. The van der Waals surface area contributed by atoms with Crippen molar-refractivity contribution in [3.63, 3.8) is 0 Å². The van der Waals surface area contributed by atoms with Crippen molar-refractivity contribution in [2.24, 2.45) is 0 Å². The number of carbonyl (C=O) groups excluding carboxylic acids is 2. The quantitative estimate of drug-likeness (QED) is 0.797. The van der Waals surface area contributed by atoms with Gasteiger partial charge in [0.1, 0.15) is 5.82 Å². The van der Waals surface area contributed by atoms with Crippen LogP contribution in [0, 0.1) is 5.82 Å². The first kappa shape index (κ1) is 17.6. The third-order valence-electron chi connectivity index (χ3n) is 4.59. The molecular weight excluding hydrogens is 339 g/mol. The van der Waals surface area contributed by atoms with E-state index in [-0.39, 0.29) is 17.6 Å². The number of rotatable bonds is 7. The molecule has 0 saturated carbocycles. The second kappa shape index (κ2) is 7.78. The van der Waals surface area contributed by atoms with Crippen LogP contribution in [0.5, 0.6) is 0 Å². The van der Waals surface area contributed by atoms with E-state index < -0.39 is 5.54 Å². The van der Waals surface area contributed by atoms with Crippen molar-refractivity contribution in [1.29, 1.82) is 0 Å². The molecule has 2 N–H and O–H groups in total. The van der Waals surface area contributed by atoms with Gasteiger partial charge in [0.2, 0.25) is 11.8 Å². The summed E-state index contributed by atoms with van der Waals surface area (Å²) >= 11 is 1.60. The zero-order valence-electron chi connectivity index (χ0n) is 13.9. The number of benzene rings is 1. The lowest BCUT2D eigenvalue weighted by Crippen LogP contribution is -2.44. The highest BCUT2D eigenvalue weighted by molar-refractivity contribution is 7.07. The van der Waals surface area contributed by atoms with Crippen molar-refractivity contribution in [3.8, 4) is 0 Å². The second-order valence-electron chi connectivity index (χ2n) is 6.54. The zero-order chi connectivity index (χ0) is 17.7. The first-order chi connectivity index (χ1) is 12.0. The van der Waals surface area contributed by atoms with E-state index in [1.807, 2.05) is 16.8 Å². The summed E-state index contributed by atoms with van der Waals surface area (Å²) in [5.41, 5.74) is 1.63. The van der Waals surface area contributed by atoms with Gasteiger partial charge in [-0.25, -0.2) is 4.39 Å². The topological polar surface area (TPSA) is 58.2 Å². The maximum atomic E-state index is 13.1. The van der Waals surface area contributed by atoms with E-state index in [1.54, 1.807) is 23.5 Å². The maximum absolute atomic E-state index is 13.1. The Balaban J connectivity index is 1.57. The van der Waals surface area contributed by atoms with Crippen molar-refractivity contribution in [2.75, 3.05) is 0 Å². The van der Waals surface area contributed by atoms with Crippen LogP contribution in [0.3, 0.4) is 0 Å². The van der Waals surface area contributed by atoms with E-state index in [0.717, 1.165) is 11.1 Å². The van der Waals surface area contributed by atoms with E-state index >= 15 is 0 Å². The third-order valence-corrected chi connectivity index (χ3v) is 5.32. The minimum Gasteiger partial charge on any atom is -0.352 e. The summed E-state index contributed by atoms with van der Waals surface area (Å²) in [4.78, 5) is 23.9. The largest absolute Gasteiger partial charge is 0.352 e. The standard InChI is InChI=1S/C19H21FN2O2S/c20-16-3-1-14(2-4-16)11-19(9-6-18(24)22-19)8-5-17(23)21-12-15-7-10-25-13-15/h1-4,7,10,13H,5-6,8-9,11-12H2,(H,21,23)(H,22,24)/t19-/m1/s1. The fourth-order valence-electron chi connectivity index (χ4n) is 3.21. The molecule has 1 aromatic heterocycles. The van der Waals surface area contributed by atoms with E-state index in [1.165, 1.54) is 12.1 Å². The van der Waals surface area contributed by atoms with Crippen molar-refractivity contribution in [3.05, 3.63) is 58.0 Å². The average molecular weight is 360 g/mol. The van der Waals surface area contributed by atoms with Crippen LogP contribution >= 0.6 is 11.3 Å². The summed E-state index contributed by atoms with van der Waals surface area (Å²) in [7, 11) is 0. The molecule has 1 saturated heterocycles. The van der Waals surface area contributed by atoms with Crippen LogP contribution in [-0.2, 0) is 22.6 Å². The molecule has 0 radical (unpaired) electrons. The lowest BCUT2D eigenvalue weighted by molar-refractivity contribution is -0.122. The Bertz CT molecular complexity index is 730. The minimum absolute atomic E-state index is 0.0146. The van der Waals surface area contributed by atoms with Crippen molar-refractivity contribution in [1.82, 2.24) is 10.6 Å². The summed E-state index contributed by atoms with van der Waals surface area (Å²) in [6.45, 7) is 0.527. The number of hydrogen-bond acceptors (Lipinski definition) is 3. The summed E-state index contributed by atoms with van der Waals surface area (Å²) in [5, 5.41) is 9.95. The molecule has 1 fully saturated rings. The van der Waals surface area contributed by atoms with Crippen LogP contribution in [0.2, 0.25) is 0 Å². The Morgan fingerprint density at radius 3 is 2.68 bits per heavy atom. The van der Waals surface area contributed by atoms with Gasteiger partial charge in [0.15, 0.2) is 0 Å². The molecule has 6 heteroatoms. The lowest BCUT2D eigenvalue weighted by Gasteiger charge is -2.29. The van der Waals surface area contributed by atoms with E-state index in [4.69, 9.17) is 0 Å². The van der Waals surface area contributed by atoms with Gasteiger partial charge in [-0.2, -0.15) is 11.3 Å². The third kappa shape index (κ3) is 4.89. The van der Waals surface area contributed by atoms with Gasteiger partial charge >= 0.3 is 0 Å². The Kier molecular flexibility index (Phi) is 5.48. The minimum atomic E-state index is -0.422. The smallest absolute Gasteiger partial charge is 0.220 e. The Labute approximate surface area is 150 Å². The van der Waals surface area contributed by atoms with Crippen molar-refractivity contribution < 1.29 is 14.0 Å². The zero-order valence-corrected chi connectivity index (χ0v) is 14.7. The van der Waals surface area contributed by atoms with E-state index in [2.05, 4.69) is 10.6 Å². The predicted molar refractivity (Wildman–Crippen MR) is 95.6 cm³/mol. The molecule has 2 aromatic rings. The number of amides is 2. The monoisotopic (exact) mass is 360 g/mol. The number of thiophene rings is 1. The Morgan fingerprint density at radius 2 is 2.04 bits per heavy atom. The number of hydrogen-bond donors (Lipinski definition) is 2. The highest BCUT2D eigenvalue weighted by Crippen LogP contribution is 2.29. The summed E-state index contributed by atoms with van der Waals surface area (Å²) in [6.07, 6.45) is 2.70. The van der Waals surface area contributed by atoms with Gasteiger partial charge in [0.05, 0.1) is 0 Å². The molecule has 1 atom stereocenters. The summed E-state index contributed by atoms with van der Waals surface area (Å²) in [5.74, 6) is -0.285. The molecule has 0 aliphatic carbocycles. The lowest BCUT2D eigenvalue weighted by atomic mass is 9.85. The van der Waals surface area contributed by atoms with Crippen LogP contribution in [0.1, 0.15) is 36.8 Å². The van der Waals surface area contributed by atoms with Gasteiger partial charge in [0.25, 0.3) is 0 Å². The molecule has 1 aromatic carbocycles. The van der Waals surface area contributed by atoms with Gasteiger partial charge in [0, 0.05) is 24.9 Å². The average Bonchev–Trinajstić information content (AvgIpc) is 3.24. The maximum Gasteiger partial charge on any atom is 0.220 e. The van der Waals surface area contributed by atoms with Crippen LogP contribution in [0.4, 0.5) is 4.39 Å². The van der Waals surface area contributed by atoms with Gasteiger partial charge in [-0.3, -0.25) is 9.59 Å². The van der Waals surface area contributed by atoms with E-state index in [0.29, 0.717) is 38.6 Å². The number of nitrogens with one attached hydrogen (secondary N) is 2. The van der Waals surface area contributed by atoms with Gasteiger partial charge < -0.3 is 10.6 Å². The van der Waals surface area contributed by atoms with Crippen LogP contribution < -0.4 is 10.6 Å². The Morgan fingerprint density at radius 1 is 1.24 bits per heavy atom. The van der Waals surface area contributed by atoms with Gasteiger partial charge in [-0.1, -0.05) is 12.1 Å². The fraction of sp³-hybridized carbons (Fsp3) is 0.368. The van der Waals surface area contributed by atoms with E-state index in [9.17, 15) is 14.0 Å². The molecule has 1 aliphatic heterocycles. The number of halogens is 1. The first-order valence-corrected chi connectivity index (χ1v) is 9.32. The fourth-order valence-corrected chi connectivity index (χ4v) is 3.88. The first-order valence-electron chi connectivity index (χ1n) is 8.38. The molecular formula is C19H21FN2O2S. The summed E-state index contributed by atoms with van der Waals surface area (Å²) in [6, 6.07) is 8.30. The van der Waals surface area contributed by atoms with Crippen molar-refractivity contribution in [2.45, 2.75) is 44.2 Å². The highest BCUT2D eigenvalue weighted by atomic mass is 32.1. The van der Waals surface area contributed by atoms with Crippen molar-refractivity contribution >= 4 is 23.2 Å². The molecule has 2 amide bonds.